The summed E-state index contributed by atoms with van der Waals surface area (Å²) in [6.45, 7) is 1.44. The van der Waals surface area contributed by atoms with Crippen LogP contribution in [-0.4, -0.2) is 67.7 Å². The lowest BCUT2D eigenvalue weighted by atomic mass is 9.80. The molecule has 1 aliphatic heterocycles. The van der Waals surface area contributed by atoms with Crippen molar-refractivity contribution in [3.05, 3.63) is 108 Å². The summed E-state index contributed by atoms with van der Waals surface area (Å²) < 4.78 is 78.3. The minimum absolute atomic E-state index is 0.199. The van der Waals surface area contributed by atoms with E-state index in [0.717, 1.165) is 29.2 Å². The molecule has 0 spiro atoms. The van der Waals surface area contributed by atoms with E-state index in [1.807, 2.05) is 91.0 Å². The molecular formula is C29H34O9S2. The van der Waals surface area contributed by atoms with Gasteiger partial charge in [-0.2, -0.15) is 16.8 Å². The van der Waals surface area contributed by atoms with Crippen molar-refractivity contribution < 1.29 is 39.4 Å². The maximum Gasteiger partial charge on any atom is 0.264 e. The highest BCUT2D eigenvalue weighted by molar-refractivity contribution is 7.86. The summed E-state index contributed by atoms with van der Waals surface area (Å²) >= 11 is 0. The minimum Gasteiger partial charge on any atom is -0.358 e. The fraction of sp³-hybridized carbons (Fsp3) is 0.379. The first-order valence-corrected chi connectivity index (χ1v) is 16.3. The van der Waals surface area contributed by atoms with Gasteiger partial charge in [0.25, 0.3) is 20.2 Å². The van der Waals surface area contributed by atoms with E-state index >= 15 is 0 Å². The van der Waals surface area contributed by atoms with E-state index < -0.39 is 56.4 Å². The summed E-state index contributed by atoms with van der Waals surface area (Å²) in [6, 6.07) is 28.8. The minimum atomic E-state index is -4.05. The molecule has 0 amide bonds. The number of hydrogen-bond donors (Lipinski definition) is 0. The van der Waals surface area contributed by atoms with Crippen molar-refractivity contribution in [3.8, 4) is 0 Å². The molecule has 0 saturated carbocycles. The van der Waals surface area contributed by atoms with Crippen molar-refractivity contribution in [2.24, 2.45) is 5.92 Å². The molecule has 0 bridgehead atoms. The first-order chi connectivity index (χ1) is 18.9. The molecule has 4 rings (SSSR count). The molecule has 40 heavy (non-hydrogen) atoms. The Morgan fingerprint density at radius 3 is 1.48 bits per heavy atom. The predicted octanol–water partition coefficient (Wildman–Crippen LogP) is 3.69. The van der Waals surface area contributed by atoms with Gasteiger partial charge in [0.1, 0.15) is 23.9 Å². The molecule has 1 fully saturated rings. The third kappa shape index (κ3) is 6.98. The number of hydrogen-bond acceptors (Lipinski definition) is 9. The largest absolute Gasteiger partial charge is 0.358 e. The molecular weight excluding hydrogens is 556 g/mol. The first-order valence-electron chi connectivity index (χ1n) is 12.7. The second kappa shape index (κ2) is 12.5. The number of rotatable bonds is 11. The highest BCUT2D eigenvalue weighted by Gasteiger charge is 2.50. The lowest BCUT2D eigenvalue weighted by molar-refractivity contribution is -0.271. The molecule has 3 aromatic carbocycles. The third-order valence-corrected chi connectivity index (χ3v) is 7.90. The van der Waals surface area contributed by atoms with E-state index in [4.69, 9.17) is 22.6 Å². The van der Waals surface area contributed by atoms with Crippen LogP contribution < -0.4 is 0 Å². The molecule has 216 valence electrons. The molecule has 1 heterocycles. The zero-order chi connectivity index (χ0) is 29.0. The molecule has 9 nitrogen and oxygen atoms in total. The predicted molar refractivity (Wildman–Crippen MR) is 149 cm³/mol. The number of benzene rings is 3. The number of methoxy groups -OCH3 is 1. The smallest absolute Gasteiger partial charge is 0.264 e. The summed E-state index contributed by atoms with van der Waals surface area (Å²) in [7, 11) is -6.64. The summed E-state index contributed by atoms with van der Waals surface area (Å²) in [5.74, 6) is -0.690. The third-order valence-electron chi connectivity index (χ3n) is 6.76. The Hall–Kier alpha value is -2.64. The molecule has 11 heteroatoms. The van der Waals surface area contributed by atoms with Crippen LogP contribution in [0.4, 0.5) is 0 Å². The van der Waals surface area contributed by atoms with Crippen LogP contribution in [0, 0.1) is 5.92 Å². The van der Waals surface area contributed by atoms with Crippen molar-refractivity contribution in [2.75, 3.05) is 26.2 Å². The van der Waals surface area contributed by atoms with Crippen LogP contribution in [0.5, 0.6) is 0 Å². The maximum atomic E-state index is 12.3. The Bertz CT molecular complexity index is 1350. The van der Waals surface area contributed by atoms with Crippen molar-refractivity contribution in [1.82, 2.24) is 0 Å². The molecule has 3 aromatic rings. The van der Waals surface area contributed by atoms with E-state index in [-0.39, 0.29) is 6.61 Å². The highest BCUT2D eigenvalue weighted by Crippen LogP contribution is 2.42. The number of ether oxygens (including phenoxy) is 3. The summed E-state index contributed by atoms with van der Waals surface area (Å²) in [4.78, 5) is 0. The maximum absolute atomic E-state index is 12.3. The van der Waals surface area contributed by atoms with E-state index in [1.165, 1.54) is 7.11 Å². The van der Waals surface area contributed by atoms with Crippen LogP contribution in [0.1, 0.15) is 23.6 Å². The van der Waals surface area contributed by atoms with Crippen LogP contribution in [0.15, 0.2) is 91.0 Å². The monoisotopic (exact) mass is 590 g/mol. The van der Waals surface area contributed by atoms with Crippen LogP contribution in [0.25, 0.3) is 0 Å². The normalized spacial score (nSPS) is 24.1. The van der Waals surface area contributed by atoms with Gasteiger partial charge >= 0.3 is 0 Å². The summed E-state index contributed by atoms with van der Waals surface area (Å²) in [6.07, 6.45) is -2.79. The average molecular weight is 591 g/mol. The Morgan fingerprint density at radius 2 is 1.10 bits per heavy atom. The van der Waals surface area contributed by atoms with Gasteiger partial charge in [-0.3, -0.25) is 8.37 Å². The first kappa shape index (κ1) is 30.3. The lowest BCUT2D eigenvalue weighted by Gasteiger charge is -2.45. The standard InChI is InChI=1S/C29H34O9S2/c1-21-26(37-39(3,30)31)27(38-40(4,32)33)25(36-28(21)34-2)20-35-29(22-14-8-5-9-15-22,23-16-10-6-11-17-23)24-18-12-7-13-19-24/h5-19,21,25-28H,20H2,1-4H3/t21-,25+,26-,27+,28-/m0/s1. The van der Waals surface area contributed by atoms with E-state index in [9.17, 15) is 16.8 Å². The Kier molecular flexibility index (Phi) is 9.46. The van der Waals surface area contributed by atoms with E-state index in [0.29, 0.717) is 0 Å². The zero-order valence-corrected chi connectivity index (χ0v) is 24.4. The van der Waals surface area contributed by atoms with Crippen LogP contribution in [0.3, 0.4) is 0 Å². The van der Waals surface area contributed by atoms with Crippen LogP contribution in [0.2, 0.25) is 0 Å². The summed E-state index contributed by atoms with van der Waals surface area (Å²) in [5.41, 5.74) is 1.33. The lowest BCUT2D eigenvalue weighted by Crippen LogP contribution is -2.58. The van der Waals surface area contributed by atoms with Crippen LogP contribution in [-0.2, 0) is 48.4 Å². The molecule has 0 unspecified atom stereocenters. The molecule has 0 N–H and O–H groups in total. The molecule has 1 aliphatic rings. The Balaban J connectivity index is 1.83. The van der Waals surface area contributed by atoms with Gasteiger partial charge in [0, 0.05) is 13.0 Å². The molecule has 0 aromatic heterocycles. The molecule has 0 radical (unpaired) electrons. The Morgan fingerprint density at radius 1 is 0.700 bits per heavy atom. The fourth-order valence-corrected chi connectivity index (χ4v) is 6.41. The van der Waals surface area contributed by atoms with Crippen molar-refractivity contribution in [3.63, 3.8) is 0 Å². The van der Waals surface area contributed by atoms with Crippen molar-refractivity contribution >= 4 is 20.2 Å². The fourth-order valence-electron chi connectivity index (χ4n) is 5.08. The second-order valence-corrected chi connectivity index (χ2v) is 13.0. The Labute approximate surface area is 236 Å². The quantitative estimate of drug-likeness (QED) is 0.244. The van der Waals surface area contributed by atoms with Gasteiger partial charge in [0.05, 0.1) is 19.1 Å². The molecule has 1 saturated heterocycles. The van der Waals surface area contributed by atoms with Crippen molar-refractivity contribution in [1.29, 1.82) is 0 Å². The van der Waals surface area contributed by atoms with Gasteiger partial charge in [-0.25, -0.2) is 0 Å². The highest BCUT2D eigenvalue weighted by atomic mass is 32.2. The van der Waals surface area contributed by atoms with Gasteiger partial charge in [0.2, 0.25) is 0 Å². The van der Waals surface area contributed by atoms with Gasteiger partial charge in [-0.15, -0.1) is 0 Å². The van der Waals surface area contributed by atoms with Crippen molar-refractivity contribution in [2.45, 2.75) is 37.1 Å². The van der Waals surface area contributed by atoms with Crippen LogP contribution >= 0.6 is 0 Å². The summed E-state index contributed by atoms with van der Waals surface area (Å²) in [5, 5.41) is 0. The van der Waals surface area contributed by atoms with Gasteiger partial charge in [-0.05, 0) is 16.7 Å². The molecule has 5 atom stereocenters. The average Bonchev–Trinajstić information content (AvgIpc) is 2.92. The van der Waals surface area contributed by atoms with E-state index in [2.05, 4.69) is 0 Å². The molecule has 0 aliphatic carbocycles. The van der Waals surface area contributed by atoms with Gasteiger partial charge in [-0.1, -0.05) is 97.9 Å². The van der Waals surface area contributed by atoms with E-state index in [1.54, 1.807) is 6.92 Å². The van der Waals surface area contributed by atoms with Gasteiger partial charge < -0.3 is 14.2 Å². The van der Waals surface area contributed by atoms with Gasteiger partial charge in [0.15, 0.2) is 6.29 Å². The SMILES string of the molecule is CO[C@H]1O[C@H](COC(c2ccccc2)(c2ccccc2)c2ccccc2)[C@@H](OS(C)(=O)=O)[C@@H](OS(C)(=O)=O)[C@@H]1C. The topological polar surface area (TPSA) is 114 Å². The second-order valence-electron chi connectivity index (χ2n) is 9.76. The zero-order valence-electron chi connectivity index (χ0n) is 22.7.